The summed E-state index contributed by atoms with van der Waals surface area (Å²) in [7, 11) is 1.99. The summed E-state index contributed by atoms with van der Waals surface area (Å²) >= 11 is 0. The Hall–Kier alpha value is -0.830. The number of aryl methyl sites for hydroxylation is 1. The van der Waals surface area contributed by atoms with Crippen molar-refractivity contribution in [3.63, 3.8) is 0 Å². The van der Waals surface area contributed by atoms with Gasteiger partial charge in [-0.25, -0.2) is 0 Å². The van der Waals surface area contributed by atoms with Crippen LogP contribution < -0.4 is 5.32 Å². The van der Waals surface area contributed by atoms with Crippen LogP contribution in [-0.2, 0) is 13.5 Å². The zero-order chi connectivity index (χ0) is 11.0. The van der Waals surface area contributed by atoms with E-state index in [4.69, 9.17) is 0 Å². The van der Waals surface area contributed by atoms with Crippen molar-refractivity contribution in [2.45, 2.75) is 50.6 Å². The molecule has 2 aliphatic rings. The summed E-state index contributed by atoms with van der Waals surface area (Å²) in [5.74, 6) is 0.972. The molecule has 3 atom stereocenters. The third-order valence-corrected chi connectivity index (χ3v) is 4.22. The standard InChI is InChI=1S/C13H21N3/c1-16-8-7-12(15-16)9-11-6-5-10-3-2-4-13(10)14-11/h7-8,10-11,13-14H,2-6,9H2,1H3. The highest BCUT2D eigenvalue weighted by atomic mass is 15.2. The molecule has 0 aromatic carbocycles. The predicted molar refractivity (Wildman–Crippen MR) is 64.2 cm³/mol. The normalized spacial score (nSPS) is 33.9. The fourth-order valence-electron chi connectivity index (χ4n) is 3.39. The molecule has 0 bridgehead atoms. The number of hydrogen-bond acceptors (Lipinski definition) is 2. The number of nitrogens with one attached hydrogen (secondary N) is 1. The van der Waals surface area contributed by atoms with Crippen LogP contribution in [0.4, 0.5) is 0 Å². The second-order valence-corrected chi connectivity index (χ2v) is 5.42. The van der Waals surface area contributed by atoms with Gasteiger partial charge in [0.2, 0.25) is 0 Å². The maximum Gasteiger partial charge on any atom is 0.0640 e. The highest BCUT2D eigenvalue weighted by Gasteiger charge is 2.33. The van der Waals surface area contributed by atoms with Crippen molar-refractivity contribution in [3.05, 3.63) is 18.0 Å². The van der Waals surface area contributed by atoms with Gasteiger partial charge in [-0.05, 0) is 37.7 Å². The molecule has 1 saturated heterocycles. The Balaban J connectivity index is 1.60. The molecular formula is C13H21N3. The molecule has 1 aliphatic heterocycles. The van der Waals surface area contributed by atoms with E-state index in [1.807, 2.05) is 17.9 Å². The van der Waals surface area contributed by atoms with Gasteiger partial charge in [0, 0.05) is 31.7 Å². The summed E-state index contributed by atoms with van der Waals surface area (Å²) in [4.78, 5) is 0. The number of rotatable bonds is 2. The number of hydrogen-bond donors (Lipinski definition) is 1. The van der Waals surface area contributed by atoms with Crippen LogP contribution in [0.5, 0.6) is 0 Å². The number of aromatic nitrogens is 2. The van der Waals surface area contributed by atoms with Gasteiger partial charge in [-0.3, -0.25) is 4.68 Å². The van der Waals surface area contributed by atoms with E-state index in [2.05, 4.69) is 16.5 Å². The number of nitrogens with zero attached hydrogens (tertiary/aromatic N) is 2. The molecular weight excluding hydrogens is 198 g/mol. The van der Waals surface area contributed by atoms with Crippen LogP contribution in [0.1, 0.15) is 37.8 Å². The molecule has 0 spiro atoms. The lowest BCUT2D eigenvalue weighted by Crippen LogP contribution is -2.46. The molecule has 3 rings (SSSR count). The summed E-state index contributed by atoms with van der Waals surface area (Å²) in [5, 5.41) is 8.29. The highest BCUT2D eigenvalue weighted by Crippen LogP contribution is 2.34. The van der Waals surface area contributed by atoms with Crippen molar-refractivity contribution in [1.82, 2.24) is 15.1 Å². The van der Waals surface area contributed by atoms with E-state index in [9.17, 15) is 0 Å². The van der Waals surface area contributed by atoms with Crippen LogP contribution in [0.25, 0.3) is 0 Å². The van der Waals surface area contributed by atoms with Crippen LogP contribution in [0.15, 0.2) is 12.3 Å². The third-order valence-electron chi connectivity index (χ3n) is 4.22. The molecule has 1 aliphatic carbocycles. The van der Waals surface area contributed by atoms with Gasteiger partial charge in [0.05, 0.1) is 5.69 Å². The first-order chi connectivity index (χ1) is 7.81. The lowest BCUT2D eigenvalue weighted by Gasteiger charge is -2.33. The summed E-state index contributed by atoms with van der Waals surface area (Å²) < 4.78 is 1.90. The first-order valence-electron chi connectivity index (χ1n) is 6.56. The Morgan fingerprint density at radius 2 is 2.31 bits per heavy atom. The molecule has 3 unspecified atom stereocenters. The first-order valence-corrected chi connectivity index (χ1v) is 6.56. The van der Waals surface area contributed by atoms with Crippen molar-refractivity contribution in [1.29, 1.82) is 0 Å². The SMILES string of the molecule is Cn1ccc(CC2CCC3CCCC3N2)n1. The Morgan fingerprint density at radius 3 is 3.12 bits per heavy atom. The molecule has 16 heavy (non-hydrogen) atoms. The lowest BCUT2D eigenvalue weighted by atomic mass is 9.88. The van der Waals surface area contributed by atoms with Gasteiger partial charge in [-0.15, -0.1) is 0 Å². The quantitative estimate of drug-likeness (QED) is 0.823. The van der Waals surface area contributed by atoms with Crippen LogP contribution in [0.2, 0.25) is 0 Å². The smallest absolute Gasteiger partial charge is 0.0640 e. The van der Waals surface area contributed by atoms with Crippen LogP contribution in [-0.4, -0.2) is 21.9 Å². The summed E-state index contributed by atoms with van der Waals surface area (Å²) in [6.07, 6.45) is 10.2. The molecule has 1 N–H and O–H groups in total. The van der Waals surface area contributed by atoms with E-state index in [1.165, 1.54) is 37.8 Å². The van der Waals surface area contributed by atoms with Crippen LogP contribution >= 0.6 is 0 Å². The maximum atomic E-state index is 4.47. The molecule has 2 heterocycles. The van der Waals surface area contributed by atoms with E-state index in [0.717, 1.165) is 18.4 Å². The number of piperidine rings is 1. The largest absolute Gasteiger partial charge is 0.311 e. The minimum absolute atomic E-state index is 0.661. The summed E-state index contributed by atoms with van der Waals surface area (Å²) in [5.41, 5.74) is 1.23. The Kier molecular flexibility index (Phi) is 2.72. The highest BCUT2D eigenvalue weighted by molar-refractivity contribution is 5.03. The molecule has 3 nitrogen and oxygen atoms in total. The van der Waals surface area contributed by atoms with Gasteiger partial charge >= 0.3 is 0 Å². The molecule has 0 radical (unpaired) electrons. The molecule has 1 aromatic rings. The summed E-state index contributed by atoms with van der Waals surface area (Å²) in [6.45, 7) is 0. The zero-order valence-electron chi connectivity index (χ0n) is 10.0. The fourth-order valence-corrected chi connectivity index (χ4v) is 3.39. The minimum atomic E-state index is 0.661. The zero-order valence-corrected chi connectivity index (χ0v) is 10.0. The first kappa shape index (κ1) is 10.3. The molecule has 88 valence electrons. The summed E-state index contributed by atoms with van der Waals surface area (Å²) in [6, 6.07) is 3.61. The second kappa shape index (κ2) is 4.21. The lowest BCUT2D eigenvalue weighted by molar-refractivity contribution is 0.256. The molecule has 2 fully saturated rings. The average Bonchev–Trinajstić information content (AvgIpc) is 2.87. The average molecular weight is 219 g/mol. The maximum absolute atomic E-state index is 4.47. The molecule has 0 amide bonds. The van der Waals surface area contributed by atoms with Gasteiger partial charge in [0.25, 0.3) is 0 Å². The second-order valence-electron chi connectivity index (χ2n) is 5.42. The Bertz CT molecular complexity index is 358. The topological polar surface area (TPSA) is 29.9 Å². The van der Waals surface area contributed by atoms with Crippen LogP contribution in [0.3, 0.4) is 0 Å². The van der Waals surface area contributed by atoms with E-state index in [0.29, 0.717) is 6.04 Å². The van der Waals surface area contributed by atoms with Crippen molar-refractivity contribution >= 4 is 0 Å². The van der Waals surface area contributed by atoms with E-state index >= 15 is 0 Å². The van der Waals surface area contributed by atoms with Gasteiger partial charge in [-0.1, -0.05) is 6.42 Å². The predicted octanol–water partition coefficient (Wildman–Crippen LogP) is 1.88. The third kappa shape index (κ3) is 2.01. The minimum Gasteiger partial charge on any atom is -0.311 e. The van der Waals surface area contributed by atoms with Crippen molar-refractivity contribution in [3.8, 4) is 0 Å². The molecule has 3 heteroatoms. The van der Waals surface area contributed by atoms with E-state index in [1.54, 1.807) is 0 Å². The number of fused-ring (bicyclic) bond motifs is 1. The Labute approximate surface area is 97.2 Å². The van der Waals surface area contributed by atoms with Crippen molar-refractivity contribution < 1.29 is 0 Å². The van der Waals surface area contributed by atoms with Crippen LogP contribution in [0, 0.1) is 5.92 Å². The molecule has 1 aromatic heterocycles. The van der Waals surface area contributed by atoms with Crippen molar-refractivity contribution in [2.24, 2.45) is 13.0 Å². The van der Waals surface area contributed by atoms with E-state index < -0.39 is 0 Å². The van der Waals surface area contributed by atoms with E-state index in [-0.39, 0.29) is 0 Å². The molecule has 1 saturated carbocycles. The van der Waals surface area contributed by atoms with Gasteiger partial charge < -0.3 is 5.32 Å². The van der Waals surface area contributed by atoms with Gasteiger partial charge in [0.1, 0.15) is 0 Å². The monoisotopic (exact) mass is 219 g/mol. The Morgan fingerprint density at radius 1 is 1.38 bits per heavy atom. The van der Waals surface area contributed by atoms with Crippen molar-refractivity contribution in [2.75, 3.05) is 0 Å². The van der Waals surface area contributed by atoms with Gasteiger partial charge in [-0.2, -0.15) is 5.10 Å². The van der Waals surface area contributed by atoms with Gasteiger partial charge in [0.15, 0.2) is 0 Å². The fraction of sp³-hybridized carbons (Fsp3) is 0.769.